The van der Waals surface area contributed by atoms with Crippen molar-refractivity contribution in [2.24, 2.45) is 0 Å². The fourth-order valence-electron chi connectivity index (χ4n) is 1.77. The Morgan fingerprint density at radius 1 is 1.29 bits per heavy atom. The Morgan fingerprint density at radius 2 is 2.12 bits per heavy atom. The van der Waals surface area contributed by atoms with Crippen LogP contribution < -0.4 is 10.1 Å². The molecule has 17 heavy (non-hydrogen) atoms. The predicted molar refractivity (Wildman–Crippen MR) is 68.5 cm³/mol. The number of hydrogen-bond acceptors (Lipinski definition) is 3. The minimum atomic E-state index is 0.185. The predicted octanol–water partition coefficient (Wildman–Crippen LogP) is 3.77. The lowest BCUT2D eigenvalue weighted by atomic mass is 10.1. The fraction of sp³-hybridized carbons (Fsp3) is 0.286. The van der Waals surface area contributed by atoms with E-state index in [0.717, 1.165) is 17.0 Å². The molecule has 2 rings (SSSR count). The highest BCUT2D eigenvalue weighted by molar-refractivity contribution is 5.58. The van der Waals surface area contributed by atoms with E-state index in [9.17, 15) is 0 Å². The number of aryl methyl sites for hydroxylation is 1. The normalized spacial score (nSPS) is 12.2. The van der Waals surface area contributed by atoms with E-state index in [0.29, 0.717) is 0 Å². The molecule has 3 heteroatoms. The molecule has 1 atom stereocenters. The first-order valence-electron chi connectivity index (χ1n) is 5.64. The van der Waals surface area contributed by atoms with Crippen molar-refractivity contribution in [3.63, 3.8) is 0 Å². The summed E-state index contributed by atoms with van der Waals surface area (Å²) in [5.74, 6) is 0.853. The van der Waals surface area contributed by atoms with Gasteiger partial charge in [0.15, 0.2) is 0 Å². The average Bonchev–Trinajstić information content (AvgIpc) is 2.83. The van der Waals surface area contributed by atoms with E-state index in [4.69, 9.17) is 9.15 Å². The molecule has 0 fully saturated rings. The topological polar surface area (TPSA) is 34.4 Å². The molecule has 1 aromatic carbocycles. The van der Waals surface area contributed by atoms with Gasteiger partial charge in [0.1, 0.15) is 5.75 Å². The minimum absolute atomic E-state index is 0.185. The summed E-state index contributed by atoms with van der Waals surface area (Å²) in [4.78, 5) is 0. The zero-order valence-corrected chi connectivity index (χ0v) is 10.4. The molecule has 90 valence electrons. The average molecular weight is 231 g/mol. The fourth-order valence-corrected chi connectivity index (χ4v) is 1.77. The Labute approximate surface area is 101 Å². The zero-order chi connectivity index (χ0) is 12.3. The van der Waals surface area contributed by atoms with Gasteiger partial charge in [-0.1, -0.05) is 6.07 Å². The van der Waals surface area contributed by atoms with Crippen LogP contribution in [-0.4, -0.2) is 7.11 Å². The number of ether oxygens (including phenoxy) is 1. The van der Waals surface area contributed by atoms with Gasteiger partial charge in [-0.05, 0) is 37.6 Å². The Hall–Kier alpha value is -1.90. The summed E-state index contributed by atoms with van der Waals surface area (Å²) in [6.07, 6.45) is 3.43. The summed E-state index contributed by atoms with van der Waals surface area (Å²) in [7, 11) is 1.68. The lowest BCUT2D eigenvalue weighted by Crippen LogP contribution is -2.06. The minimum Gasteiger partial charge on any atom is -0.495 e. The van der Waals surface area contributed by atoms with E-state index in [-0.39, 0.29) is 6.04 Å². The van der Waals surface area contributed by atoms with Crippen LogP contribution in [0.3, 0.4) is 0 Å². The summed E-state index contributed by atoms with van der Waals surface area (Å²) in [6.45, 7) is 4.15. The summed E-state index contributed by atoms with van der Waals surface area (Å²) < 4.78 is 10.4. The maximum atomic E-state index is 5.33. The zero-order valence-electron chi connectivity index (χ0n) is 10.4. The molecule has 1 unspecified atom stereocenters. The van der Waals surface area contributed by atoms with Crippen molar-refractivity contribution < 1.29 is 9.15 Å². The van der Waals surface area contributed by atoms with E-state index in [1.54, 1.807) is 19.6 Å². The molecule has 0 bridgehead atoms. The van der Waals surface area contributed by atoms with Crippen LogP contribution in [0, 0.1) is 6.92 Å². The number of anilines is 1. The van der Waals surface area contributed by atoms with E-state index in [2.05, 4.69) is 25.2 Å². The Bertz CT molecular complexity index is 477. The van der Waals surface area contributed by atoms with Crippen LogP contribution in [0.4, 0.5) is 5.69 Å². The molecule has 0 radical (unpaired) electrons. The second kappa shape index (κ2) is 4.95. The van der Waals surface area contributed by atoms with Crippen LogP contribution in [0.5, 0.6) is 5.75 Å². The standard InChI is InChI=1S/C14H17NO2/c1-10-4-5-14(16-3)13(8-10)15-11(2)12-6-7-17-9-12/h4-9,11,15H,1-3H3. The van der Waals surface area contributed by atoms with Crippen LogP contribution in [0.25, 0.3) is 0 Å². The molecule has 0 saturated heterocycles. The molecule has 0 spiro atoms. The van der Waals surface area contributed by atoms with E-state index < -0.39 is 0 Å². The maximum absolute atomic E-state index is 5.33. The van der Waals surface area contributed by atoms with Gasteiger partial charge in [0.2, 0.25) is 0 Å². The summed E-state index contributed by atoms with van der Waals surface area (Å²) in [6, 6.07) is 8.23. The number of hydrogen-bond donors (Lipinski definition) is 1. The molecule has 1 heterocycles. The molecule has 2 aromatic rings. The van der Waals surface area contributed by atoms with Gasteiger partial charge >= 0.3 is 0 Å². The summed E-state index contributed by atoms with van der Waals surface area (Å²) in [5.41, 5.74) is 3.32. The third-order valence-electron chi connectivity index (χ3n) is 2.77. The van der Waals surface area contributed by atoms with Crippen molar-refractivity contribution in [2.75, 3.05) is 12.4 Å². The van der Waals surface area contributed by atoms with Gasteiger partial charge in [-0.2, -0.15) is 0 Å². The molecule has 0 aliphatic carbocycles. The molecule has 3 nitrogen and oxygen atoms in total. The van der Waals surface area contributed by atoms with Gasteiger partial charge in [0.05, 0.1) is 31.4 Å². The van der Waals surface area contributed by atoms with Crippen LogP contribution in [0.2, 0.25) is 0 Å². The Morgan fingerprint density at radius 3 is 2.76 bits per heavy atom. The smallest absolute Gasteiger partial charge is 0.141 e. The Balaban J connectivity index is 2.20. The maximum Gasteiger partial charge on any atom is 0.141 e. The first-order chi connectivity index (χ1) is 8.20. The van der Waals surface area contributed by atoms with Gasteiger partial charge in [-0.15, -0.1) is 0 Å². The molecule has 0 amide bonds. The van der Waals surface area contributed by atoms with Gasteiger partial charge in [0, 0.05) is 5.56 Å². The van der Waals surface area contributed by atoms with Crippen molar-refractivity contribution in [2.45, 2.75) is 19.9 Å². The third-order valence-corrected chi connectivity index (χ3v) is 2.77. The van der Waals surface area contributed by atoms with Crippen molar-refractivity contribution in [1.29, 1.82) is 0 Å². The number of nitrogens with one attached hydrogen (secondary N) is 1. The third kappa shape index (κ3) is 2.61. The first kappa shape index (κ1) is 11.6. The Kier molecular flexibility index (Phi) is 3.38. The van der Waals surface area contributed by atoms with Crippen molar-refractivity contribution in [1.82, 2.24) is 0 Å². The van der Waals surface area contributed by atoms with Crippen molar-refractivity contribution in [3.05, 3.63) is 47.9 Å². The lowest BCUT2D eigenvalue weighted by molar-refractivity contribution is 0.416. The van der Waals surface area contributed by atoms with E-state index >= 15 is 0 Å². The quantitative estimate of drug-likeness (QED) is 0.869. The highest BCUT2D eigenvalue weighted by Crippen LogP contribution is 2.29. The molecule has 1 N–H and O–H groups in total. The number of methoxy groups -OCH3 is 1. The summed E-state index contributed by atoms with van der Waals surface area (Å²) >= 11 is 0. The summed E-state index contributed by atoms with van der Waals surface area (Å²) in [5, 5.41) is 3.42. The van der Waals surface area contributed by atoms with E-state index in [1.807, 2.05) is 18.2 Å². The van der Waals surface area contributed by atoms with Crippen LogP contribution in [0.15, 0.2) is 41.2 Å². The number of rotatable bonds is 4. The van der Waals surface area contributed by atoms with E-state index in [1.165, 1.54) is 5.56 Å². The molecular formula is C14H17NO2. The second-order valence-corrected chi connectivity index (χ2v) is 4.13. The number of benzene rings is 1. The van der Waals surface area contributed by atoms with Crippen LogP contribution in [-0.2, 0) is 0 Å². The molecule has 0 aliphatic heterocycles. The van der Waals surface area contributed by atoms with Crippen LogP contribution in [0.1, 0.15) is 24.1 Å². The van der Waals surface area contributed by atoms with Crippen molar-refractivity contribution >= 4 is 5.69 Å². The molecule has 0 saturated carbocycles. The molecule has 0 aliphatic rings. The van der Waals surface area contributed by atoms with Gasteiger partial charge in [-0.25, -0.2) is 0 Å². The molecular weight excluding hydrogens is 214 g/mol. The van der Waals surface area contributed by atoms with Crippen LogP contribution >= 0.6 is 0 Å². The highest BCUT2D eigenvalue weighted by atomic mass is 16.5. The SMILES string of the molecule is COc1ccc(C)cc1NC(C)c1ccoc1. The molecule has 1 aromatic heterocycles. The first-order valence-corrected chi connectivity index (χ1v) is 5.64. The number of furan rings is 1. The van der Waals surface area contributed by atoms with Gasteiger partial charge < -0.3 is 14.5 Å². The largest absolute Gasteiger partial charge is 0.495 e. The second-order valence-electron chi connectivity index (χ2n) is 4.13. The lowest BCUT2D eigenvalue weighted by Gasteiger charge is -2.16. The van der Waals surface area contributed by atoms with Crippen molar-refractivity contribution in [3.8, 4) is 5.75 Å². The van der Waals surface area contributed by atoms with Gasteiger partial charge in [0.25, 0.3) is 0 Å². The van der Waals surface area contributed by atoms with Gasteiger partial charge in [-0.3, -0.25) is 0 Å². The highest BCUT2D eigenvalue weighted by Gasteiger charge is 2.09. The monoisotopic (exact) mass is 231 g/mol.